The summed E-state index contributed by atoms with van der Waals surface area (Å²) in [4.78, 5) is 3.96. The molecule has 0 radical (unpaired) electrons. The fourth-order valence-corrected chi connectivity index (χ4v) is 0.809. The number of hydrogen-bond acceptors (Lipinski definition) is 2. The molecule has 0 aliphatic heterocycles. The zero-order valence-electron chi connectivity index (χ0n) is 6.72. The zero-order chi connectivity index (χ0) is 7.40. The molecule has 0 amide bonds. The van der Waals surface area contributed by atoms with Gasteiger partial charge in [-0.1, -0.05) is 24.5 Å². The van der Waals surface area contributed by atoms with Crippen molar-refractivity contribution >= 4 is 5.69 Å². The molecular formula is C8H11N2W+. The summed E-state index contributed by atoms with van der Waals surface area (Å²) in [5.41, 5.74) is 2.09. The summed E-state index contributed by atoms with van der Waals surface area (Å²) in [5, 5.41) is 3.18. The van der Waals surface area contributed by atoms with Crippen molar-refractivity contribution in [2.45, 2.75) is 13.8 Å². The van der Waals surface area contributed by atoms with Crippen LogP contribution in [0.2, 0.25) is 0 Å². The van der Waals surface area contributed by atoms with E-state index in [1.807, 2.05) is 19.1 Å². The van der Waals surface area contributed by atoms with Gasteiger partial charge < -0.3 is 10.3 Å². The van der Waals surface area contributed by atoms with Gasteiger partial charge in [-0.3, -0.25) is 0 Å². The zero-order valence-corrected chi connectivity index (χ0v) is 9.65. The van der Waals surface area contributed by atoms with Gasteiger partial charge in [0.1, 0.15) is 0 Å². The molecule has 0 bridgehead atoms. The van der Waals surface area contributed by atoms with E-state index >= 15 is 0 Å². The molecule has 0 spiro atoms. The van der Waals surface area contributed by atoms with Gasteiger partial charge in [-0.15, -0.1) is 12.1 Å². The molecule has 1 aromatic heterocycles. The van der Waals surface area contributed by atoms with E-state index in [0.717, 1.165) is 17.9 Å². The average molecular weight is 319 g/mol. The summed E-state index contributed by atoms with van der Waals surface area (Å²) in [6.07, 6.45) is 2.80. The van der Waals surface area contributed by atoms with Crippen LogP contribution in [-0.2, 0) is 21.1 Å². The Labute approximate surface area is 81.7 Å². The first-order valence-electron chi connectivity index (χ1n) is 3.41. The van der Waals surface area contributed by atoms with E-state index in [1.54, 1.807) is 0 Å². The normalized spacial score (nSPS) is 8.55. The van der Waals surface area contributed by atoms with Crippen LogP contribution in [0.1, 0.15) is 12.6 Å². The van der Waals surface area contributed by atoms with Crippen LogP contribution in [0.15, 0.2) is 12.1 Å². The molecule has 2 nitrogen and oxygen atoms in total. The number of pyridine rings is 1. The molecule has 0 saturated carbocycles. The van der Waals surface area contributed by atoms with E-state index in [2.05, 4.69) is 23.4 Å². The minimum Gasteiger partial charge on any atom is -0.437 e. The first-order valence-corrected chi connectivity index (χ1v) is 3.41. The Hall–Kier alpha value is -0.362. The fourth-order valence-electron chi connectivity index (χ4n) is 0.809. The van der Waals surface area contributed by atoms with Crippen molar-refractivity contribution in [3.05, 3.63) is 24.0 Å². The van der Waals surface area contributed by atoms with E-state index in [0.29, 0.717) is 0 Å². The second kappa shape index (κ2) is 5.31. The Morgan fingerprint density at radius 3 is 2.91 bits per heavy atom. The van der Waals surface area contributed by atoms with Gasteiger partial charge in [0.15, 0.2) is 0 Å². The SMILES string of the molecule is CCNc1c[c-]nc(C)c1.[W+2]. The monoisotopic (exact) mass is 319 g/mol. The molecule has 0 fully saturated rings. The van der Waals surface area contributed by atoms with Crippen LogP contribution in [0.25, 0.3) is 0 Å². The number of rotatable bonds is 2. The van der Waals surface area contributed by atoms with Crippen LogP contribution in [0.3, 0.4) is 0 Å². The molecular weight excluding hydrogens is 308 g/mol. The summed E-state index contributed by atoms with van der Waals surface area (Å²) in [5.74, 6) is 0. The number of nitrogens with one attached hydrogen (secondary N) is 1. The Morgan fingerprint density at radius 2 is 2.36 bits per heavy atom. The van der Waals surface area contributed by atoms with Crippen molar-refractivity contribution < 1.29 is 21.1 Å². The summed E-state index contributed by atoms with van der Waals surface area (Å²) in [6.45, 7) is 4.96. The van der Waals surface area contributed by atoms with Gasteiger partial charge in [-0.05, 0) is 6.92 Å². The third-order valence-corrected chi connectivity index (χ3v) is 1.21. The maximum absolute atomic E-state index is 3.96. The molecule has 0 atom stereocenters. The maximum Gasteiger partial charge on any atom is 2.00 e. The number of aryl methyl sites for hydroxylation is 1. The minimum absolute atomic E-state index is 0. The fraction of sp³-hybridized carbons (Fsp3) is 0.375. The minimum atomic E-state index is 0. The largest absolute Gasteiger partial charge is 2.00 e. The number of anilines is 1. The first-order chi connectivity index (χ1) is 4.83. The third-order valence-electron chi connectivity index (χ3n) is 1.21. The van der Waals surface area contributed by atoms with Crippen molar-refractivity contribution in [1.82, 2.24) is 4.98 Å². The van der Waals surface area contributed by atoms with Gasteiger partial charge in [-0.2, -0.15) is 0 Å². The molecule has 0 saturated heterocycles. The van der Waals surface area contributed by atoms with E-state index in [1.165, 1.54) is 0 Å². The number of hydrogen-bond donors (Lipinski definition) is 1. The molecule has 1 heterocycles. The Kier molecular flexibility index (Phi) is 5.14. The summed E-state index contributed by atoms with van der Waals surface area (Å²) < 4.78 is 0. The predicted molar refractivity (Wildman–Crippen MR) is 42.0 cm³/mol. The van der Waals surface area contributed by atoms with Crippen molar-refractivity contribution in [1.29, 1.82) is 0 Å². The Morgan fingerprint density at radius 1 is 1.64 bits per heavy atom. The molecule has 58 valence electrons. The Bertz CT molecular complexity index is 213. The number of nitrogens with zero attached hydrogens (tertiary/aromatic N) is 1. The van der Waals surface area contributed by atoms with Crippen molar-refractivity contribution in [3.63, 3.8) is 0 Å². The van der Waals surface area contributed by atoms with Crippen LogP contribution in [-0.4, -0.2) is 11.5 Å². The maximum atomic E-state index is 3.96. The molecule has 11 heavy (non-hydrogen) atoms. The second-order valence-electron chi connectivity index (χ2n) is 2.16. The standard InChI is InChI=1S/C8H11N2.W/c1-3-9-8-4-5-10-7(2)6-8;/h4,6H,3H2,1-2H3,(H,9,10);/q-1;+2. The van der Waals surface area contributed by atoms with Crippen LogP contribution in [0.4, 0.5) is 5.69 Å². The van der Waals surface area contributed by atoms with Gasteiger partial charge in [0.2, 0.25) is 0 Å². The number of aromatic nitrogens is 1. The summed E-state index contributed by atoms with van der Waals surface area (Å²) >= 11 is 0. The summed E-state index contributed by atoms with van der Waals surface area (Å²) in [7, 11) is 0. The van der Waals surface area contributed by atoms with E-state index in [-0.39, 0.29) is 21.1 Å². The van der Waals surface area contributed by atoms with Gasteiger partial charge in [0, 0.05) is 6.54 Å². The molecule has 1 aromatic rings. The molecule has 1 N–H and O–H groups in total. The average Bonchev–Trinajstić information content (AvgIpc) is 1.88. The van der Waals surface area contributed by atoms with Gasteiger partial charge in [-0.25, -0.2) is 0 Å². The molecule has 1 rings (SSSR count). The van der Waals surface area contributed by atoms with Crippen molar-refractivity contribution in [2.24, 2.45) is 0 Å². The third kappa shape index (κ3) is 3.52. The van der Waals surface area contributed by atoms with Crippen LogP contribution < -0.4 is 5.32 Å². The second-order valence-corrected chi connectivity index (χ2v) is 2.16. The summed E-state index contributed by atoms with van der Waals surface area (Å²) in [6, 6.07) is 3.84. The van der Waals surface area contributed by atoms with Gasteiger partial charge in [0.25, 0.3) is 0 Å². The molecule has 0 aliphatic carbocycles. The van der Waals surface area contributed by atoms with E-state index in [4.69, 9.17) is 0 Å². The van der Waals surface area contributed by atoms with Gasteiger partial charge >= 0.3 is 21.1 Å². The van der Waals surface area contributed by atoms with E-state index < -0.39 is 0 Å². The molecule has 3 heteroatoms. The van der Waals surface area contributed by atoms with Crippen LogP contribution in [0, 0.1) is 13.1 Å². The first kappa shape index (κ1) is 10.6. The smallest absolute Gasteiger partial charge is 0.437 e. The molecule has 0 aromatic carbocycles. The van der Waals surface area contributed by atoms with Crippen molar-refractivity contribution in [3.8, 4) is 0 Å². The van der Waals surface area contributed by atoms with Crippen LogP contribution in [0.5, 0.6) is 0 Å². The molecule has 0 aliphatic rings. The topological polar surface area (TPSA) is 24.9 Å². The van der Waals surface area contributed by atoms with Gasteiger partial charge in [0.05, 0.1) is 0 Å². The van der Waals surface area contributed by atoms with Crippen LogP contribution >= 0.6 is 0 Å². The predicted octanol–water partition coefficient (Wildman–Crippen LogP) is 1.62. The van der Waals surface area contributed by atoms with Crippen molar-refractivity contribution in [2.75, 3.05) is 11.9 Å². The quantitative estimate of drug-likeness (QED) is 0.838. The van der Waals surface area contributed by atoms with E-state index in [9.17, 15) is 0 Å². The Balaban J connectivity index is 0.000001000. The molecule has 0 unspecified atom stereocenters.